The number of ether oxygens (including phenoxy) is 1. The molecule has 0 atom stereocenters. The van der Waals surface area contributed by atoms with E-state index in [2.05, 4.69) is 35.8 Å². The van der Waals surface area contributed by atoms with Crippen molar-refractivity contribution in [1.82, 2.24) is 0 Å². The Labute approximate surface area is 121 Å². The smallest absolute Gasteiger partial charge is 0.146 e. The second-order valence-corrected chi connectivity index (χ2v) is 5.46. The molecule has 0 heterocycles. The van der Waals surface area contributed by atoms with Crippen LogP contribution in [-0.2, 0) is 0 Å². The molecule has 0 aliphatic carbocycles. The summed E-state index contributed by atoms with van der Waals surface area (Å²) in [5, 5.41) is 9.12. The number of para-hydroxylation sites is 1. The lowest BCUT2D eigenvalue weighted by molar-refractivity contribution is 0.471. The molecule has 96 valence electrons. The third-order valence-electron chi connectivity index (χ3n) is 2.83. The summed E-state index contributed by atoms with van der Waals surface area (Å²) < 4.78 is 6.81. The third kappa shape index (κ3) is 3.15. The first-order valence-corrected chi connectivity index (χ1v) is 6.87. The van der Waals surface area contributed by atoms with Crippen LogP contribution in [0.4, 0.5) is 0 Å². The van der Waals surface area contributed by atoms with Crippen molar-refractivity contribution in [1.29, 1.82) is 5.26 Å². The quantitative estimate of drug-likeness (QED) is 0.776. The van der Waals surface area contributed by atoms with Gasteiger partial charge in [-0.1, -0.05) is 48.0 Å². The van der Waals surface area contributed by atoms with Gasteiger partial charge in [0.15, 0.2) is 0 Å². The number of nitrogens with zero attached hydrogens (tertiary/aromatic N) is 1. The van der Waals surface area contributed by atoms with Crippen molar-refractivity contribution in [3.63, 3.8) is 0 Å². The Balaban J connectivity index is 2.42. The first-order valence-electron chi connectivity index (χ1n) is 6.08. The van der Waals surface area contributed by atoms with Crippen LogP contribution in [-0.4, -0.2) is 0 Å². The molecule has 3 heteroatoms. The third-order valence-corrected chi connectivity index (χ3v) is 3.32. The molecule has 0 unspecified atom stereocenters. The van der Waals surface area contributed by atoms with Crippen molar-refractivity contribution in [3.8, 4) is 17.6 Å². The topological polar surface area (TPSA) is 33.0 Å². The van der Waals surface area contributed by atoms with E-state index in [0.29, 0.717) is 17.2 Å². The Morgan fingerprint density at radius 1 is 1.11 bits per heavy atom. The molecule has 0 amide bonds. The molecule has 0 aliphatic rings. The average Bonchev–Trinajstić information content (AvgIpc) is 2.39. The molecule has 0 bridgehead atoms. The summed E-state index contributed by atoms with van der Waals surface area (Å²) in [6, 6.07) is 15.4. The van der Waals surface area contributed by atoms with Gasteiger partial charge in [-0.3, -0.25) is 0 Å². The monoisotopic (exact) mass is 315 g/mol. The predicted octanol–water partition coefficient (Wildman–Crippen LogP) is 5.24. The highest BCUT2D eigenvalue weighted by Gasteiger charge is 2.10. The molecule has 0 saturated carbocycles. The van der Waals surface area contributed by atoms with Crippen LogP contribution in [0, 0.1) is 11.3 Å². The number of nitriles is 1. The first-order chi connectivity index (χ1) is 9.11. The highest BCUT2D eigenvalue weighted by Crippen LogP contribution is 2.33. The molecular formula is C16H14BrNO. The number of hydrogen-bond donors (Lipinski definition) is 0. The van der Waals surface area contributed by atoms with E-state index in [1.54, 1.807) is 6.07 Å². The lowest BCUT2D eigenvalue weighted by Crippen LogP contribution is -1.95. The molecule has 2 nitrogen and oxygen atoms in total. The summed E-state index contributed by atoms with van der Waals surface area (Å²) in [5.74, 6) is 1.74. The van der Waals surface area contributed by atoms with Gasteiger partial charge in [-0.2, -0.15) is 5.26 Å². The molecular weight excluding hydrogens is 302 g/mol. The molecule has 2 aromatic carbocycles. The number of benzene rings is 2. The van der Waals surface area contributed by atoms with E-state index in [-0.39, 0.29) is 0 Å². The summed E-state index contributed by atoms with van der Waals surface area (Å²) in [6.45, 7) is 4.24. The Bertz CT molecular complexity index is 629. The zero-order valence-electron chi connectivity index (χ0n) is 10.9. The SMILES string of the molecule is CC(C)c1ccccc1Oc1cc(Br)ccc1C#N. The van der Waals surface area contributed by atoms with Gasteiger partial charge in [0.05, 0.1) is 5.56 Å². The van der Waals surface area contributed by atoms with E-state index in [0.717, 1.165) is 15.8 Å². The molecule has 0 fully saturated rings. The fraction of sp³-hybridized carbons (Fsp3) is 0.188. The normalized spacial score (nSPS) is 10.3. The number of halogens is 1. The summed E-state index contributed by atoms with van der Waals surface area (Å²) in [5.41, 5.74) is 1.66. The lowest BCUT2D eigenvalue weighted by Gasteiger charge is -2.14. The molecule has 0 aliphatic heterocycles. The largest absolute Gasteiger partial charge is 0.456 e. The van der Waals surface area contributed by atoms with Gasteiger partial charge in [0, 0.05) is 4.47 Å². The number of rotatable bonds is 3. The van der Waals surface area contributed by atoms with Crippen LogP contribution >= 0.6 is 15.9 Å². The van der Waals surface area contributed by atoms with Gasteiger partial charge in [-0.15, -0.1) is 0 Å². The van der Waals surface area contributed by atoms with Crippen LogP contribution in [0.5, 0.6) is 11.5 Å². The van der Waals surface area contributed by atoms with E-state index in [1.165, 1.54) is 0 Å². The van der Waals surface area contributed by atoms with E-state index in [1.807, 2.05) is 36.4 Å². The fourth-order valence-electron chi connectivity index (χ4n) is 1.84. The minimum atomic E-state index is 0.369. The van der Waals surface area contributed by atoms with Gasteiger partial charge in [0.2, 0.25) is 0 Å². The van der Waals surface area contributed by atoms with E-state index in [9.17, 15) is 0 Å². The molecule has 0 spiro atoms. The second-order valence-electron chi connectivity index (χ2n) is 4.55. The standard InChI is InChI=1S/C16H14BrNO/c1-11(2)14-5-3-4-6-15(14)19-16-9-13(17)8-7-12(16)10-18/h3-9,11H,1-2H3. The zero-order chi connectivity index (χ0) is 13.8. The van der Waals surface area contributed by atoms with Gasteiger partial charge in [0.1, 0.15) is 17.6 Å². The lowest BCUT2D eigenvalue weighted by atomic mass is 10.0. The minimum absolute atomic E-state index is 0.369. The van der Waals surface area contributed by atoms with Crippen molar-refractivity contribution in [3.05, 3.63) is 58.1 Å². The number of hydrogen-bond acceptors (Lipinski definition) is 2. The summed E-state index contributed by atoms with van der Waals surface area (Å²) in [4.78, 5) is 0. The Morgan fingerprint density at radius 2 is 1.84 bits per heavy atom. The predicted molar refractivity (Wildman–Crippen MR) is 79.5 cm³/mol. The van der Waals surface area contributed by atoms with Gasteiger partial charge < -0.3 is 4.74 Å². The highest BCUT2D eigenvalue weighted by molar-refractivity contribution is 9.10. The molecule has 0 radical (unpaired) electrons. The van der Waals surface area contributed by atoms with Gasteiger partial charge in [-0.25, -0.2) is 0 Å². The second kappa shape index (κ2) is 5.90. The van der Waals surface area contributed by atoms with Crippen LogP contribution in [0.2, 0.25) is 0 Å². The van der Waals surface area contributed by atoms with Crippen LogP contribution in [0.1, 0.15) is 30.9 Å². The van der Waals surface area contributed by atoms with Crippen molar-refractivity contribution in [2.24, 2.45) is 0 Å². The maximum atomic E-state index is 9.12. The van der Waals surface area contributed by atoms with Crippen LogP contribution in [0.15, 0.2) is 46.9 Å². The van der Waals surface area contributed by atoms with E-state index >= 15 is 0 Å². The summed E-state index contributed by atoms with van der Waals surface area (Å²) in [6.07, 6.45) is 0. The average molecular weight is 316 g/mol. The maximum Gasteiger partial charge on any atom is 0.146 e. The van der Waals surface area contributed by atoms with Crippen molar-refractivity contribution < 1.29 is 4.74 Å². The Morgan fingerprint density at radius 3 is 2.53 bits per heavy atom. The molecule has 0 aromatic heterocycles. The molecule has 2 aromatic rings. The highest BCUT2D eigenvalue weighted by atomic mass is 79.9. The summed E-state index contributed by atoms with van der Waals surface area (Å²) in [7, 11) is 0. The first kappa shape index (κ1) is 13.6. The Kier molecular flexibility index (Phi) is 4.24. The minimum Gasteiger partial charge on any atom is -0.456 e. The van der Waals surface area contributed by atoms with Crippen LogP contribution in [0.3, 0.4) is 0 Å². The van der Waals surface area contributed by atoms with Gasteiger partial charge in [-0.05, 0) is 35.7 Å². The van der Waals surface area contributed by atoms with Crippen LogP contribution in [0.25, 0.3) is 0 Å². The van der Waals surface area contributed by atoms with E-state index in [4.69, 9.17) is 10.00 Å². The van der Waals surface area contributed by atoms with Crippen molar-refractivity contribution in [2.75, 3.05) is 0 Å². The molecule has 19 heavy (non-hydrogen) atoms. The molecule has 2 rings (SSSR count). The van der Waals surface area contributed by atoms with E-state index < -0.39 is 0 Å². The molecule has 0 saturated heterocycles. The molecule has 0 N–H and O–H groups in total. The Hall–Kier alpha value is -1.79. The van der Waals surface area contributed by atoms with Crippen LogP contribution < -0.4 is 4.74 Å². The van der Waals surface area contributed by atoms with Crippen molar-refractivity contribution in [2.45, 2.75) is 19.8 Å². The summed E-state index contributed by atoms with van der Waals surface area (Å²) >= 11 is 3.40. The zero-order valence-corrected chi connectivity index (χ0v) is 12.4. The maximum absolute atomic E-state index is 9.12. The van der Waals surface area contributed by atoms with Gasteiger partial charge >= 0.3 is 0 Å². The van der Waals surface area contributed by atoms with Gasteiger partial charge in [0.25, 0.3) is 0 Å². The fourth-order valence-corrected chi connectivity index (χ4v) is 2.18. The van der Waals surface area contributed by atoms with Crippen molar-refractivity contribution >= 4 is 15.9 Å².